The van der Waals surface area contributed by atoms with Gasteiger partial charge >= 0.3 is 0 Å². The third-order valence-electron chi connectivity index (χ3n) is 2.42. The first-order valence-electron chi connectivity index (χ1n) is 5.48. The Bertz CT molecular complexity index is 601. The van der Waals surface area contributed by atoms with Gasteiger partial charge in [-0.2, -0.15) is 5.26 Å². The minimum Gasteiger partial charge on any atom is -0.444 e. The highest BCUT2D eigenvalue weighted by molar-refractivity contribution is 5.50. The Balaban J connectivity index is 2.19. The number of oxazole rings is 1. The molecule has 1 unspecified atom stereocenters. The fourth-order valence-electron chi connectivity index (χ4n) is 1.62. The van der Waals surface area contributed by atoms with Gasteiger partial charge in [0.2, 0.25) is 5.89 Å². The number of nitrogens with one attached hydrogen (secondary N) is 1. The third-order valence-corrected chi connectivity index (χ3v) is 2.42. The van der Waals surface area contributed by atoms with Crippen LogP contribution in [0.5, 0.6) is 0 Å². The summed E-state index contributed by atoms with van der Waals surface area (Å²) in [7, 11) is 0. The Morgan fingerprint density at radius 2 is 2.22 bits per heavy atom. The van der Waals surface area contributed by atoms with Gasteiger partial charge in [-0.05, 0) is 32.0 Å². The molecular weight excluding hydrogens is 233 g/mol. The van der Waals surface area contributed by atoms with E-state index in [9.17, 15) is 4.39 Å². The molecule has 1 heterocycles. The number of aromatic nitrogens is 1. The number of halogens is 1. The standard InChI is InChI=1S/C13H12FN3O/c1-8-7-16-13(18-8)9(2)17-12-4-10(6-15)3-11(14)5-12/h3-5,7,9,17H,1-2H3. The average molecular weight is 245 g/mol. The van der Waals surface area contributed by atoms with Crippen LogP contribution in [0.3, 0.4) is 0 Å². The number of anilines is 1. The molecule has 18 heavy (non-hydrogen) atoms. The molecule has 0 fully saturated rings. The molecule has 0 aliphatic rings. The van der Waals surface area contributed by atoms with Crippen LogP contribution in [-0.4, -0.2) is 4.98 Å². The zero-order chi connectivity index (χ0) is 13.1. The molecular formula is C13H12FN3O. The van der Waals surface area contributed by atoms with Gasteiger partial charge in [-0.25, -0.2) is 9.37 Å². The molecule has 1 aromatic heterocycles. The monoisotopic (exact) mass is 245 g/mol. The van der Waals surface area contributed by atoms with Gasteiger partial charge in [0, 0.05) is 5.69 Å². The Morgan fingerprint density at radius 3 is 2.83 bits per heavy atom. The van der Waals surface area contributed by atoms with Crippen molar-refractivity contribution in [2.24, 2.45) is 0 Å². The second kappa shape index (κ2) is 4.88. The minimum atomic E-state index is -0.452. The molecule has 4 nitrogen and oxygen atoms in total. The Morgan fingerprint density at radius 1 is 1.44 bits per heavy atom. The summed E-state index contributed by atoms with van der Waals surface area (Å²) in [5.74, 6) is 0.790. The summed E-state index contributed by atoms with van der Waals surface area (Å²) in [6, 6.07) is 5.80. The molecule has 2 rings (SSSR count). The Labute approximate surface area is 104 Å². The predicted molar refractivity (Wildman–Crippen MR) is 64.4 cm³/mol. The Kier molecular flexibility index (Phi) is 3.28. The van der Waals surface area contributed by atoms with Crippen molar-refractivity contribution >= 4 is 5.69 Å². The van der Waals surface area contributed by atoms with E-state index in [2.05, 4.69) is 10.3 Å². The van der Waals surface area contributed by atoms with Crippen LogP contribution < -0.4 is 5.32 Å². The number of hydrogen-bond donors (Lipinski definition) is 1. The molecule has 92 valence electrons. The Hall–Kier alpha value is -2.35. The van der Waals surface area contributed by atoms with Crippen molar-refractivity contribution < 1.29 is 8.81 Å². The molecule has 5 heteroatoms. The molecule has 1 aromatic carbocycles. The van der Waals surface area contributed by atoms with Crippen molar-refractivity contribution in [1.29, 1.82) is 5.26 Å². The van der Waals surface area contributed by atoms with E-state index in [0.717, 1.165) is 5.76 Å². The number of benzene rings is 1. The van der Waals surface area contributed by atoms with Gasteiger partial charge in [-0.3, -0.25) is 0 Å². The van der Waals surface area contributed by atoms with Crippen LogP contribution in [-0.2, 0) is 0 Å². The highest BCUT2D eigenvalue weighted by atomic mass is 19.1. The highest BCUT2D eigenvalue weighted by Crippen LogP contribution is 2.20. The molecule has 1 N–H and O–H groups in total. The van der Waals surface area contributed by atoms with Gasteiger partial charge in [0.15, 0.2) is 0 Å². The number of nitriles is 1. The molecule has 1 atom stereocenters. The molecule has 0 bridgehead atoms. The van der Waals surface area contributed by atoms with E-state index in [1.54, 1.807) is 19.2 Å². The lowest BCUT2D eigenvalue weighted by molar-refractivity contribution is 0.453. The van der Waals surface area contributed by atoms with Gasteiger partial charge in [-0.15, -0.1) is 0 Å². The average Bonchev–Trinajstić information content (AvgIpc) is 2.75. The topological polar surface area (TPSA) is 61.9 Å². The molecule has 0 saturated heterocycles. The first-order chi connectivity index (χ1) is 8.58. The summed E-state index contributed by atoms with van der Waals surface area (Å²) < 4.78 is 18.6. The van der Waals surface area contributed by atoms with E-state index in [1.165, 1.54) is 12.1 Å². The molecule has 2 aromatic rings. The lowest BCUT2D eigenvalue weighted by atomic mass is 10.2. The van der Waals surface area contributed by atoms with Crippen LogP contribution in [0.2, 0.25) is 0 Å². The van der Waals surface area contributed by atoms with Crippen molar-refractivity contribution in [3.05, 3.63) is 47.4 Å². The predicted octanol–water partition coefficient (Wildman–Crippen LogP) is 3.17. The van der Waals surface area contributed by atoms with E-state index in [1.807, 2.05) is 13.0 Å². The summed E-state index contributed by atoms with van der Waals surface area (Å²) >= 11 is 0. The van der Waals surface area contributed by atoms with E-state index < -0.39 is 5.82 Å². The fraction of sp³-hybridized carbons (Fsp3) is 0.231. The number of rotatable bonds is 3. The minimum absolute atomic E-state index is 0.202. The van der Waals surface area contributed by atoms with Crippen LogP contribution in [0.25, 0.3) is 0 Å². The van der Waals surface area contributed by atoms with Crippen LogP contribution in [0.15, 0.2) is 28.8 Å². The number of nitrogens with zero attached hydrogens (tertiary/aromatic N) is 2. The smallest absolute Gasteiger partial charge is 0.216 e. The van der Waals surface area contributed by atoms with Gasteiger partial charge in [0.1, 0.15) is 17.6 Å². The maximum Gasteiger partial charge on any atom is 0.216 e. The summed E-state index contributed by atoms with van der Waals surface area (Å²) in [6.07, 6.45) is 1.62. The van der Waals surface area contributed by atoms with Gasteiger partial charge < -0.3 is 9.73 Å². The van der Waals surface area contributed by atoms with E-state index in [4.69, 9.17) is 9.68 Å². The summed E-state index contributed by atoms with van der Waals surface area (Å²) in [5.41, 5.74) is 0.795. The van der Waals surface area contributed by atoms with E-state index in [-0.39, 0.29) is 11.6 Å². The van der Waals surface area contributed by atoms with Crippen molar-refractivity contribution in [2.45, 2.75) is 19.9 Å². The van der Waals surface area contributed by atoms with E-state index in [0.29, 0.717) is 11.6 Å². The van der Waals surface area contributed by atoms with Crippen LogP contribution in [0, 0.1) is 24.1 Å². The van der Waals surface area contributed by atoms with Crippen molar-refractivity contribution in [3.63, 3.8) is 0 Å². The van der Waals surface area contributed by atoms with Gasteiger partial charge in [0.25, 0.3) is 0 Å². The first-order valence-corrected chi connectivity index (χ1v) is 5.48. The van der Waals surface area contributed by atoms with E-state index >= 15 is 0 Å². The van der Waals surface area contributed by atoms with Gasteiger partial charge in [0.05, 0.1) is 17.8 Å². The maximum absolute atomic E-state index is 13.2. The van der Waals surface area contributed by atoms with Crippen LogP contribution >= 0.6 is 0 Å². The maximum atomic E-state index is 13.2. The fourth-order valence-corrected chi connectivity index (χ4v) is 1.62. The number of hydrogen-bond acceptors (Lipinski definition) is 4. The normalized spacial score (nSPS) is 11.9. The second-order valence-corrected chi connectivity index (χ2v) is 4.02. The summed E-state index contributed by atoms with van der Waals surface area (Å²) in [6.45, 7) is 3.65. The summed E-state index contributed by atoms with van der Waals surface area (Å²) in [4.78, 5) is 4.09. The largest absolute Gasteiger partial charge is 0.444 e. The lowest BCUT2D eigenvalue weighted by Crippen LogP contribution is -2.07. The SMILES string of the molecule is Cc1cnc(C(C)Nc2cc(F)cc(C#N)c2)o1. The third kappa shape index (κ3) is 2.66. The zero-order valence-corrected chi connectivity index (χ0v) is 10.1. The van der Waals surface area contributed by atoms with Crippen molar-refractivity contribution in [2.75, 3.05) is 5.32 Å². The first kappa shape index (κ1) is 12.1. The van der Waals surface area contributed by atoms with Crippen molar-refractivity contribution in [1.82, 2.24) is 4.98 Å². The van der Waals surface area contributed by atoms with Crippen molar-refractivity contribution in [3.8, 4) is 6.07 Å². The van der Waals surface area contributed by atoms with Crippen LogP contribution in [0.4, 0.5) is 10.1 Å². The number of aryl methyl sites for hydroxylation is 1. The van der Waals surface area contributed by atoms with Crippen LogP contribution in [0.1, 0.15) is 30.2 Å². The zero-order valence-electron chi connectivity index (χ0n) is 10.1. The summed E-state index contributed by atoms with van der Waals surface area (Å²) in [5, 5.41) is 11.8. The quantitative estimate of drug-likeness (QED) is 0.902. The molecule has 0 aliphatic carbocycles. The lowest BCUT2D eigenvalue weighted by Gasteiger charge is -2.12. The molecule has 0 radical (unpaired) electrons. The molecule has 0 spiro atoms. The van der Waals surface area contributed by atoms with Gasteiger partial charge in [-0.1, -0.05) is 0 Å². The highest BCUT2D eigenvalue weighted by Gasteiger charge is 2.11. The molecule has 0 amide bonds. The molecule has 0 saturated carbocycles. The molecule has 0 aliphatic heterocycles. The second-order valence-electron chi connectivity index (χ2n) is 4.02.